The first-order chi connectivity index (χ1) is 18.7. The number of carbonyl (C=O) groups excluding carboxylic acids is 3. The number of fused-ring (bicyclic) bond motifs is 5. The number of ketones is 2. The molecule has 5 fully saturated rings. The monoisotopic (exact) mass is 536 g/mol. The number of esters is 1. The average molecular weight is 537 g/mol. The lowest BCUT2D eigenvalue weighted by atomic mass is 9.43. The van der Waals surface area contributed by atoms with E-state index in [1.165, 1.54) is 0 Å². The van der Waals surface area contributed by atoms with E-state index in [-0.39, 0.29) is 64.8 Å². The first kappa shape index (κ1) is 27.1. The Bertz CT molecular complexity index is 1090. The Morgan fingerprint density at radius 2 is 1.79 bits per heavy atom. The summed E-state index contributed by atoms with van der Waals surface area (Å²) in [7, 11) is 0. The van der Waals surface area contributed by atoms with Crippen LogP contribution in [0.15, 0.2) is 30.3 Å². The van der Waals surface area contributed by atoms with Crippen molar-refractivity contribution in [1.82, 2.24) is 0 Å². The van der Waals surface area contributed by atoms with Gasteiger partial charge >= 0.3 is 5.97 Å². The third kappa shape index (κ3) is 4.69. The summed E-state index contributed by atoms with van der Waals surface area (Å²) in [5.74, 6) is 0.974. The third-order valence-corrected chi connectivity index (χ3v) is 11.6. The largest absolute Gasteiger partial charge is 0.458 e. The Labute approximate surface area is 232 Å². The van der Waals surface area contributed by atoms with Gasteiger partial charge in [0.25, 0.3) is 0 Å². The molecule has 0 bridgehead atoms. The van der Waals surface area contributed by atoms with Crippen molar-refractivity contribution in [2.24, 2.45) is 40.4 Å². The van der Waals surface area contributed by atoms with Crippen LogP contribution in [0.4, 0.5) is 0 Å². The molecule has 1 saturated heterocycles. The maximum Gasteiger partial charge on any atom is 0.338 e. The number of benzene rings is 1. The maximum absolute atomic E-state index is 13.5. The van der Waals surface area contributed by atoms with Crippen molar-refractivity contribution in [3.63, 3.8) is 0 Å². The van der Waals surface area contributed by atoms with Crippen LogP contribution >= 0.6 is 0 Å². The summed E-state index contributed by atoms with van der Waals surface area (Å²) >= 11 is 0. The normalized spacial score (nSPS) is 43.6. The fraction of sp³-hybridized carbons (Fsp3) is 0.727. The zero-order valence-corrected chi connectivity index (χ0v) is 23.7. The van der Waals surface area contributed by atoms with E-state index in [1.807, 2.05) is 18.2 Å². The first-order valence-corrected chi connectivity index (χ1v) is 15.3. The average Bonchev–Trinajstić information content (AvgIpc) is 3.27. The molecule has 4 saturated carbocycles. The lowest BCUT2D eigenvalue weighted by Crippen LogP contribution is -2.64. The Morgan fingerprint density at radius 1 is 1.00 bits per heavy atom. The highest BCUT2D eigenvalue weighted by atomic mass is 16.7. The standard InChI is InChI=1S/C33H44O6/c1-20(34)24-12-13-25-29-26(38-28-11-7-8-16-37-28)18-22-17-23(35)14-15-32(22,2)30(29)27(19-33(24,25)3)39-31(36)21-9-5-4-6-10-21/h4-6,9-10,22,24-30H,7-8,11-19H2,1-3H3/t22-,24+,25-,26+,27+,28-,29+,30-,32-,33+/m0/s1. The van der Waals surface area contributed by atoms with Crippen LogP contribution in [-0.2, 0) is 23.8 Å². The lowest BCUT2D eigenvalue weighted by Gasteiger charge is -2.64. The Balaban J connectivity index is 1.42. The number of hydrogen-bond donors (Lipinski definition) is 0. The maximum atomic E-state index is 13.5. The highest BCUT2D eigenvalue weighted by molar-refractivity contribution is 5.89. The topological polar surface area (TPSA) is 78.9 Å². The minimum atomic E-state index is -0.330. The highest BCUT2D eigenvalue weighted by Gasteiger charge is 2.67. The van der Waals surface area contributed by atoms with Crippen LogP contribution in [0.3, 0.4) is 0 Å². The molecule has 0 radical (unpaired) electrons. The molecular formula is C33H44O6. The van der Waals surface area contributed by atoms with Gasteiger partial charge in [-0.25, -0.2) is 4.79 Å². The lowest BCUT2D eigenvalue weighted by molar-refractivity contribution is -0.261. The molecule has 0 spiro atoms. The number of rotatable bonds is 5. The van der Waals surface area contributed by atoms with Crippen molar-refractivity contribution in [3.8, 4) is 0 Å². The summed E-state index contributed by atoms with van der Waals surface area (Å²) in [5.41, 5.74) is 0.177. The van der Waals surface area contributed by atoms with Crippen LogP contribution in [-0.4, -0.2) is 42.6 Å². The zero-order chi connectivity index (χ0) is 27.4. The van der Waals surface area contributed by atoms with Crippen molar-refractivity contribution in [3.05, 3.63) is 35.9 Å². The molecule has 212 valence electrons. The Hall–Kier alpha value is -2.05. The molecule has 0 unspecified atom stereocenters. The Kier molecular flexibility index (Phi) is 7.24. The van der Waals surface area contributed by atoms with Gasteiger partial charge in [-0.05, 0) is 99.0 Å². The fourth-order valence-corrected chi connectivity index (χ4v) is 9.78. The van der Waals surface area contributed by atoms with Gasteiger partial charge in [0.05, 0.1) is 11.7 Å². The molecule has 0 amide bonds. The van der Waals surface area contributed by atoms with Gasteiger partial charge in [-0.15, -0.1) is 0 Å². The summed E-state index contributed by atoms with van der Waals surface area (Å²) < 4.78 is 19.4. The van der Waals surface area contributed by atoms with Gasteiger partial charge in [-0.3, -0.25) is 9.59 Å². The van der Waals surface area contributed by atoms with Crippen LogP contribution in [0.5, 0.6) is 0 Å². The molecule has 6 rings (SSSR count). The van der Waals surface area contributed by atoms with E-state index in [2.05, 4.69) is 13.8 Å². The zero-order valence-electron chi connectivity index (χ0n) is 23.7. The van der Waals surface area contributed by atoms with Crippen molar-refractivity contribution < 1.29 is 28.6 Å². The molecule has 1 aromatic carbocycles. The van der Waals surface area contributed by atoms with Gasteiger partial charge < -0.3 is 14.2 Å². The van der Waals surface area contributed by atoms with Crippen LogP contribution in [0.1, 0.15) is 95.3 Å². The van der Waals surface area contributed by atoms with Crippen molar-refractivity contribution in [2.45, 2.75) is 103 Å². The van der Waals surface area contributed by atoms with E-state index < -0.39 is 0 Å². The number of Topliss-reactive ketones (excluding diaryl/α,β-unsaturated/α-hetero) is 2. The van der Waals surface area contributed by atoms with E-state index in [0.717, 1.165) is 51.6 Å². The van der Waals surface area contributed by atoms with Crippen molar-refractivity contribution >= 4 is 17.5 Å². The second-order valence-electron chi connectivity index (χ2n) is 13.6. The van der Waals surface area contributed by atoms with Gasteiger partial charge in [-0.1, -0.05) is 32.0 Å². The molecule has 0 N–H and O–H groups in total. The van der Waals surface area contributed by atoms with Crippen molar-refractivity contribution in [2.75, 3.05) is 6.61 Å². The quantitative estimate of drug-likeness (QED) is 0.331. The van der Waals surface area contributed by atoms with Gasteiger partial charge in [0.1, 0.15) is 17.7 Å². The fourth-order valence-electron chi connectivity index (χ4n) is 9.78. The summed E-state index contributed by atoms with van der Waals surface area (Å²) in [6.45, 7) is 7.06. The van der Waals surface area contributed by atoms with E-state index >= 15 is 0 Å². The molecule has 6 nitrogen and oxygen atoms in total. The minimum absolute atomic E-state index is 0.0357. The number of carbonyl (C=O) groups is 3. The second kappa shape index (κ2) is 10.4. The smallest absolute Gasteiger partial charge is 0.338 e. The van der Waals surface area contributed by atoms with Crippen molar-refractivity contribution in [1.29, 1.82) is 0 Å². The minimum Gasteiger partial charge on any atom is -0.458 e. The molecule has 6 heteroatoms. The molecule has 10 atom stereocenters. The number of ether oxygens (including phenoxy) is 3. The molecule has 4 aliphatic carbocycles. The van der Waals surface area contributed by atoms with E-state index in [1.54, 1.807) is 19.1 Å². The molecule has 39 heavy (non-hydrogen) atoms. The molecule has 1 aliphatic heterocycles. The Morgan fingerprint density at radius 3 is 2.51 bits per heavy atom. The van der Waals surface area contributed by atoms with Gasteiger partial charge in [0.2, 0.25) is 0 Å². The van der Waals surface area contributed by atoms with Crippen LogP contribution < -0.4 is 0 Å². The predicted octanol–water partition coefficient (Wildman–Crippen LogP) is 6.16. The molecule has 1 aromatic rings. The molecular weight excluding hydrogens is 492 g/mol. The highest BCUT2D eigenvalue weighted by Crippen LogP contribution is 2.68. The third-order valence-electron chi connectivity index (χ3n) is 11.6. The first-order valence-electron chi connectivity index (χ1n) is 15.3. The molecule has 0 aromatic heterocycles. The van der Waals surface area contributed by atoms with Crippen LogP contribution in [0.25, 0.3) is 0 Å². The van der Waals surface area contributed by atoms with E-state index in [9.17, 15) is 14.4 Å². The van der Waals surface area contributed by atoms with E-state index in [4.69, 9.17) is 14.2 Å². The summed E-state index contributed by atoms with van der Waals surface area (Å²) in [6.07, 6.45) is 7.78. The van der Waals surface area contributed by atoms with Crippen LogP contribution in [0.2, 0.25) is 0 Å². The van der Waals surface area contributed by atoms with Gasteiger partial charge in [0.15, 0.2) is 6.29 Å². The molecule has 5 aliphatic rings. The molecule has 1 heterocycles. The summed E-state index contributed by atoms with van der Waals surface area (Å²) in [4.78, 5) is 39.2. The number of hydrogen-bond acceptors (Lipinski definition) is 6. The SMILES string of the molecule is CC(=O)[C@H]1CC[C@H]2[C@H]3[C@H]([C@H](OC(=O)c4ccccc4)C[C@]12C)[C@@]1(C)CCC(=O)C[C@H]1C[C@H]3O[C@H]1CCCCO1. The second-order valence-corrected chi connectivity index (χ2v) is 13.6. The van der Waals surface area contributed by atoms with Gasteiger partial charge in [-0.2, -0.15) is 0 Å². The van der Waals surface area contributed by atoms with E-state index in [0.29, 0.717) is 36.5 Å². The van der Waals surface area contributed by atoms with Gasteiger partial charge in [0, 0.05) is 31.3 Å². The summed E-state index contributed by atoms with van der Waals surface area (Å²) in [6, 6.07) is 9.23. The predicted molar refractivity (Wildman–Crippen MR) is 146 cm³/mol. The van der Waals surface area contributed by atoms with Crippen LogP contribution in [0, 0.1) is 40.4 Å². The summed E-state index contributed by atoms with van der Waals surface area (Å²) in [5, 5.41) is 0.